The van der Waals surface area contributed by atoms with E-state index in [1.165, 1.54) is 0 Å². The molecular formula is C22H27NO5. The Bertz CT molecular complexity index is 758. The molecular weight excluding hydrogens is 358 g/mol. The molecule has 1 aliphatic carbocycles. The standard InChI is InChI=1S/C22H27NO5/c1-4-27-21(24)17-13-23(12-16-8-6-7-9-19(16)26-3)14-18(22(25)28-5-2)20(17)15-10-11-15/h6-9,13-15,20H,4-5,10-12H2,1-3H3. The SMILES string of the molecule is CCOC(=O)C1=CN(Cc2ccccc2OC)C=C(C(=O)OCC)C1C1CC1. The van der Waals surface area contributed by atoms with Gasteiger partial charge < -0.3 is 19.1 Å². The van der Waals surface area contributed by atoms with E-state index in [1.807, 2.05) is 29.2 Å². The lowest BCUT2D eigenvalue weighted by Crippen LogP contribution is -2.31. The number of hydrogen-bond acceptors (Lipinski definition) is 6. The van der Waals surface area contributed by atoms with Gasteiger partial charge in [0.25, 0.3) is 0 Å². The van der Waals surface area contributed by atoms with E-state index in [2.05, 4.69) is 0 Å². The minimum atomic E-state index is -0.376. The van der Waals surface area contributed by atoms with Gasteiger partial charge in [0.2, 0.25) is 0 Å². The highest BCUT2D eigenvalue weighted by Crippen LogP contribution is 2.46. The number of para-hydroxylation sites is 1. The van der Waals surface area contributed by atoms with Gasteiger partial charge in [-0.1, -0.05) is 18.2 Å². The van der Waals surface area contributed by atoms with E-state index in [0.29, 0.717) is 30.9 Å². The highest BCUT2D eigenvalue weighted by atomic mass is 16.5. The molecule has 0 saturated heterocycles. The maximum atomic E-state index is 12.7. The summed E-state index contributed by atoms with van der Waals surface area (Å²) in [6, 6.07) is 7.68. The van der Waals surface area contributed by atoms with Gasteiger partial charge >= 0.3 is 11.9 Å². The molecule has 0 radical (unpaired) electrons. The normalized spacial score (nSPS) is 16.9. The molecule has 6 nitrogen and oxygen atoms in total. The summed E-state index contributed by atoms with van der Waals surface area (Å²) >= 11 is 0. The predicted octanol–water partition coefficient (Wildman–Crippen LogP) is 3.43. The third kappa shape index (κ3) is 4.38. The summed E-state index contributed by atoms with van der Waals surface area (Å²) in [5.74, 6) is 0.00868. The van der Waals surface area contributed by atoms with Crippen LogP contribution in [0, 0.1) is 11.8 Å². The molecule has 0 bridgehead atoms. The van der Waals surface area contributed by atoms with Crippen molar-refractivity contribution in [2.75, 3.05) is 20.3 Å². The van der Waals surface area contributed by atoms with Crippen molar-refractivity contribution in [1.29, 1.82) is 0 Å². The summed E-state index contributed by atoms with van der Waals surface area (Å²) in [4.78, 5) is 27.2. The number of hydrogen-bond donors (Lipinski definition) is 0. The van der Waals surface area contributed by atoms with E-state index < -0.39 is 0 Å². The van der Waals surface area contributed by atoms with Crippen LogP contribution in [0.25, 0.3) is 0 Å². The van der Waals surface area contributed by atoms with Crippen LogP contribution in [-0.4, -0.2) is 37.2 Å². The summed E-state index contributed by atoms with van der Waals surface area (Å²) in [6.45, 7) is 4.61. The smallest absolute Gasteiger partial charge is 0.336 e. The lowest BCUT2D eigenvalue weighted by atomic mass is 9.85. The Balaban J connectivity index is 1.97. The Morgan fingerprint density at radius 3 is 2.07 bits per heavy atom. The molecule has 6 heteroatoms. The van der Waals surface area contributed by atoms with Crippen molar-refractivity contribution in [2.45, 2.75) is 33.2 Å². The fourth-order valence-corrected chi connectivity index (χ4v) is 3.57. The average molecular weight is 385 g/mol. The zero-order valence-corrected chi connectivity index (χ0v) is 16.6. The number of nitrogens with zero attached hydrogens (tertiary/aromatic N) is 1. The fourth-order valence-electron chi connectivity index (χ4n) is 3.57. The van der Waals surface area contributed by atoms with Gasteiger partial charge in [0.05, 0.1) is 38.0 Å². The van der Waals surface area contributed by atoms with Gasteiger partial charge in [0.1, 0.15) is 5.75 Å². The number of ether oxygens (including phenoxy) is 3. The first-order valence-electron chi connectivity index (χ1n) is 9.74. The number of carbonyl (C=O) groups excluding carboxylic acids is 2. The maximum absolute atomic E-state index is 12.7. The number of carbonyl (C=O) groups is 2. The summed E-state index contributed by atoms with van der Waals surface area (Å²) in [5, 5.41) is 0. The lowest BCUT2D eigenvalue weighted by Gasteiger charge is -2.30. The van der Waals surface area contributed by atoms with Crippen LogP contribution in [0.15, 0.2) is 47.8 Å². The van der Waals surface area contributed by atoms with E-state index in [-0.39, 0.29) is 23.8 Å². The zero-order chi connectivity index (χ0) is 20.1. The molecule has 150 valence electrons. The third-order valence-electron chi connectivity index (χ3n) is 4.94. The number of methoxy groups -OCH3 is 1. The molecule has 1 saturated carbocycles. The molecule has 1 fully saturated rings. The molecule has 2 aliphatic rings. The molecule has 1 aliphatic heterocycles. The topological polar surface area (TPSA) is 65.1 Å². The van der Waals surface area contributed by atoms with Crippen molar-refractivity contribution in [3.63, 3.8) is 0 Å². The van der Waals surface area contributed by atoms with E-state index >= 15 is 0 Å². The molecule has 28 heavy (non-hydrogen) atoms. The molecule has 1 aromatic rings. The molecule has 0 atom stereocenters. The summed E-state index contributed by atoms with van der Waals surface area (Å²) in [6.07, 6.45) is 5.58. The van der Waals surface area contributed by atoms with Gasteiger partial charge in [0.15, 0.2) is 0 Å². The predicted molar refractivity (Wildman–Crippen MR) is 104 cm³/mol. The molecule has 0 unspecified atom stereocenters. The Morgan fingerprint density at radius 1 is 1.00 bits per heavy atom. The quantitative estimate of drug-likeness (QED) is 0.639. The van der Waals surface area contributed by atoms with E-state index in [4.69, 9.17) is 14.2 Å². The maximum Gasteiger partial charge on any atom is 0.336 e. The number of benzene rings is 1. The first-order valence-corrected chi connectivity index (χ1v) is 9.74. The number of rotatable bonds is 8. The van der Waals surface area contributed by atoms with Crippen LogP contribution < -0.4 is 4.74 Å². The van der Waals surface area contributed by atoms with Crippen molar-refractivity contribution in [1.82, 2.24) is 4.90 Å². The first-order chi connectivity index (χ1) is 13.6. The van der Waals surface area contributed by atoms with Crippen molar-refractivity contribution in [3.05, 3.63) is 53.4 Å². The lowest BCUT2D eigenvalue weighted by molar-refractivity contribution is -0.140. The van der Waals surface area contributed by atoms with Crippen LogP contribution in [0.5, 0.6) is 5.75 Å². The largest absolute Gasteiger partial charge is 0.496 e. The van der Waals surface area contributed by atoms with Gasteiger partial charge in [0, 0.05) is 23.9 Å². The van der Waals surface area contributed by atoms with Crippen LogP contribution >= 0.6 is 0 Å². The van der Waals surface area contributed by atoms with Gasteiger partial charge in [-0.3, -0.25) is 0 Å². The molecule has 0 N–H and O–H groups in total. The summed E-state index contributed by atoms with van der Waals surface area (Å²) < 4.78 is 16.0. The van der Waals surface area contributed by atoms with Crippen LogP contribution in [0.3, 0.4) is 0 Å². The van der Waals surface area contributed by atoms with Gasteiger partial charge in [-0.05, 0) is 38.7 Å². The second kappa shape index (κ2) is 8.95. The van der Waals surface area contributed by atoms with Crippen molar-refractivity contribution in [2.24, 2.45) is 11.8 Å². The van der Waals surface area contributed by atoms with E-state index in [0.717, 1.165) is 24.2 Å². The van der Waals surface area contributed by atoms with Crippen LogP contribution in [-0.2, 0) is 25.6 Å². The Morgan fingerprint density at radius 2 is 1.57 bits per heavy atom. The Kier molecular flexibility index (Phi) is 6.39. The minimum Gasteiger partial charge on any atom is -0.496 e. The Hall–Kier alpha value is -2.76. The third-order valence-corrected chi connectivity index (χ3v) is 4.94. The highest BCUT2D eigenvalue weighted by Gasteiger charge is 2.43. The molecule has 1 aromatic carbocycles. The van der Waals surface area contributed by atoms with Gasteiger partial charge in [-0.2, -0.15) is 0 Å². The minimum absolute atomic E-state index is 0.271. The summed E-state index contributed by atoms with van der Waals surface area (Å²) in [7, 11) is 1.62. The fraction of sp³-hybridized carbons (Fsp3) is 0.455. The van der Waals surface area contributed by atoms with E-state index in [1.54, 1.807) is 33.4 Å². The van der Waals surface area contributed by atoms with Crippen molar-refractivity contribution < 1.29 is 23.8 Å². The Labute approximate surface area is 165 Å². The van der Waals surface area contributed by atoms with Gasteiger partial charge in [-0.15, -0.1) is 0 Å². The average Bonchev–Trinajstić information content (AvgIpc) is 3.53. The second-order valence-electron chi connectivity index (χ2n) is 6.91. The molecule has 0 amide bonds. The molecule has 3 rings (SSSR count). The monoisotopic (exact) mass is 385 g/mol. The summed E-state index contributed by atoms with van der Waals surface area (Å²) in [5.41, 5.74) is 1.99. The number of esters is 2. The van der Waals surface area contributed by atoms with Gasteiger partial charge in [-0.25, -0.2) is 9.59 Å². The zero-order valence-electron chi connectivity index (χ0n) is 16.6. The van der Waals surface area contributed by atoms with Crippen LogP contribution in [0.4, 0.5) is 0 Å². The molecule has 0 spiro atoms. The highest BCUT2D eigenvalue weighted by molar-refractivity contribution is 5.96. The van der Waals surface area contributed by atoms with Crippen molar-refractivity contribution in [3.8, 4) is 5.75 Å². The van der Waals surface area contributed by atoms with Crippen LogP contribution in [0.1, 0.15) is 32.3 Å². The van der Waals surface area contributed by atoms with Crippen LogP contribution in [0.2, 0.25) is 0 Å². The second-order valence-corrected chi connectivity index (χ2v) is 6.91. The molecule has 0 aromatic heterocycles. The molecule has 1 heterocycles. The first kappa shape index (κ1) is 20.0. The van der Waals surface area contributed by atoms with Crippen molar-refractivity contribution >= 4 is 11.9 Å². The van der Waals surface area contributed by atoms with E-state index in [9.17, 15) is 9.59 Å².